The van der Waals surface area contributed by atoms with Crippen molar-refractivity contribution in [3.05, 3.63) is 88.8 Å². The largest absolute Gasteiger partial charge is 0.292 e. The number of aryl methyl sites for hydroxylation is 1. The number of pyridine rings is 1. The zero-order valence-electron chi connectivity index (χ0n) is 19.1. The Balaban J connectivity index is 1.39. The zero-order chi connectivity index (χ0) is 25.2. The Morgan fingerprint density at radius 2 is 1.83 bits per heavy atom. The highest BCUT2D eigenvalue weighted by Crippen LogP contribution is 2.33. The van der Waals surface area contributed by atoms with Crippen molar-refractivity contribution in [2.24, 2.45) is 0 Å². The van der Waals surface area contributed by atoms with Crippen LogP contribution in [0.1, 0.15) is 23.2 Å². The average molecular weight is 508 g/mol. The van der Waals surface area contributed by atoms with Crippen LogP contribution in [0.5, 0.6) is 0 Å². The maximum atomic E-state index is 13.9. The fourth-order valence-corrected chi connectivity index (χ4v) is 4.15. The number of amides is 1. The van der Waals surface area contributed by atoms with Crippen molar-refractivity contribution >= 4 is 34.5 Å². The van der Waals surface area contributed by atoms with Crippen LogP contribution in [-0.4, -0.2) is 35.4 Å². The predicted molar refractivity (Wildman–Crippen MR) is 132 cm³/mol. The normalized spacial score (nSPS) is 11.4. The molecule has 182 valence electrons. The Morgan fingerprint density at radius 3 is 2.58 bits per heavy atom. The highest BCUT2D eigenvalue weighted by molar-refractivity contribution is 6.31. The molecule has 5 aromatic rings. The van der Waals surface area contributed by atoms with Gasteiger partial charge in [0.15, 0.2) is 5.65 Å². The quantitative estimate of drug-likeness (QED) is 0.324. The summed E-state index contributed by atoms with van der Waals surface area (Å²) in [5, 5.41) is 12.0. The molecule has 0 aliphatic heterocycles. The first kappa shape index (κ1) is 23.6. The van der Waals surface area contributed by atoms with Crippen LogP contribution in [0.4, 0.5) is 14.7 Å². The molecule has 0 unspecified atom stereocenters. The van der Waals surface area contributed by atoms with Crippen LogP contribution >= 0.6 is 11.6 Å². The molecule has 0 atom stereocenters. The Labute approximate surface area is 209 Å². The van der Waals surface area contributed by atoms with Gasteiger partial charge in [-0.1, -0.05) is 60.1 Å². The number of aromatic nitrogens is 6. The minimum absolute atomic E-state index is 0.103. The van der Waals surface area contributed by atoms with Crippen LogP contribution in [0.2, 0.25) is 5.02 Å². The summed E-state index contributed by atoms with van der Waals surface area (Å²) in [5.41, 5.74) is 2.31. The van der Waals surface area contributed by atoms with Gasteiger partial charge < -0.3 is 0 Å². The molecule has 0 spiro atoms. The lowest BCUT2D eigenvalue weighted by atomic mass is 10.1. The molecule has 0 saturated carbocycles. The van der Waals surface area contributed by atoms with Crippen molar-refractivity contribution in [2.45, 2.75) is 26.4 Å². The van der Waals surface area contributed by atoms with Gasteiger partial charge in [-0.3, -0.25) is 10.1 Å². The average Bonchev–Trinajstić information content (AvgIpc) is 3.43. The van der Waals surface area contributed by atoms with Crippen LogP contribution < -0.4 is 5.32 Å². The predicted octanol–water partition coefficient (Wildman–Crippen LogP) is 5.28. The molecular weight excluding hydrogens is 488 g/mol. The Hall–Kier alpha value is -4.18. The van der Waals surface area contributed by atoms with Crippen LogP contribution in [0, 0.1) is 6.92 Å². The van der Waals surface area contributed by atoms with Crippen molar-refractivity contribution in [3.63, 3.8) is 0 Å². The molecule has 8 nitrogen and oxygen atoms in total. The maximum Gasteiger partial charge on any atom is 0.264 e. The van der Waals surface area contributed by atoms with Crippen molar-refractivity contribution in [1.82, 2.24) is 29.5 Å². The molecule has 3 aromatic heterocycles. The van der Waals surface area contributed by atoms with Crippen molar-refractivity contribution in [2.75, 3.05) is 5.32 Å². The number of hydrogen-bond acceptors (Lipinski definition) is 5. The number of rotatable bonds is 7. The molecule has 36 heavy (non-hydrogen) atoms. The van der Waals surface area contributed by atoms with E-state index >= 15 is 0 Å². The number of carbonyl (C=O) groups excluding carboxylic acids is 1. The van der Waals surface area contributed by atoms with E-state index in [0.717, 1.165) is 5.56 Å². The van der Waals surface area contributed by atoms with Crippen LogP contribution in [0.3, 0.4) is 0 Å². The summed E-state index contributed by atoms with van der Waals surface area (Å²) < 4.78 is 30.8. The van der Waals surface area contributed by atoms with Gasteiger partial charge >= 0.3 is 0 Å². The van der Waals surface area contributed by atoms with E-state index in [1.54, 1.807) is 41.9 Å². The van der Waals surface area contributed by atoms with Crippen LogP contribution in [0.15, 0.2) is 67.0 Å². The lowest BCUT2D eigenvalue weighted by molar-refractivity contribution is -0.116. The van der Waals surface area contributed by atoms with Crippen LogP contribution in [0.25, 0.3) is 22.3 Å². The van der Waals surface area contributed by atoms with Gasteiger partial charge in [-0.05, 0) is 24.6 Å². The van der Waals surface area contributed by atoms with Gasteiger partial charge in [-0.25, -0.2) is 28.1 Å². The number of anilines is 1. The number of nitrogens with one attached hydrogen (secondary N) is 1. The lowest BCUT2D eigenvalue weighted by Crippen LogP contribution is -2.20. The molecule has 0 fully saturated rings. The highest BCUT2D eigenvalue weighted by atomic mass is 35.5. The van der Waals surface area contributed by atoms with Crippen molar-refractivity contribution in [3.8, 4) is 11.3 Å². The van der Waals surface area contributed by atoms with E-state index in [0.29, 0.717) is 28.5 Å². The van der Waals surface area contributed by atoms with Gasteiger partial charge in [0.25, 0.3) is 6.43 Å². The monoisotopic (exact) mass is 507 g/mol. The molecule has 0 radical (unpaired) electrons. The van der Waals surface area contributed by atoms with Gasteiger partial charge in [-0.15, -0.1) is 5.10 Å². The number of nitrogens with zero attached hydrogens (tertiary/aromatic N) is 6. The summed E-state index contributed by atoms with van der Waals surface area (Å²) in [5.74, 6) is -0.369. The minimum atomic E-state index is -2.73. The number of benzene rings is 2. The second-order valence-electron chi connectivity index (χ2n) is 8.11. The fourth-order valence-electron chi connectivity index (χ4n) is 3.96. The Kier molecular flexibility index (Phi) is 6.43. The SMILES string of the molecule is Cc1nn(CC(=O)Nc2ncn(Cc3ccccc3Cl)n2)c2nc(-c3ccccc3)cc(C(F)F)c12. The summed E-state index contributed by atoms with van der Waals surface area (Å²) in [6.07, 6.45) is -1.25. The van der Waals surface area contributed by atoms with Gasteiger partial charge in [0.05, 0.1) is 23.3 Å². The lowest BCUT2D eigenvalue weighted by Gasteiger charge is -2.09. The Bertz CT molecular complexity index is 1550. The van der Waals surface area contributed by atoms with Gasteiger partial charge in [0.2, 0.25) is 11.9 Å². The highest BCUT2D eigenvalue weighted by Gasteiger charge is 2.22. The van der Waals surface area contributed by atoms with E-state index in [9.17, 15) is 13.6 Å². The summed E-state index contributed by atoms with van der Waals surface area (Å²) in [6.45, 7) is 1.75. The molecular formula is C25H20ClF2N7O. The van der Waals surface area contributed by atoms with Gasteiger partial charge in [0, 0.05) is 16.1 Å². The van der Waals surface area contributed by atoms with E-state index in [1.165, 1.54) is 17.1 Å². The first-order chi connectivity index (χ1) is 17.4. The third kappa shape index (κ3) is 4.80. The van der Waals surface area contributed by atoms with Gasteiger partial charge in [-0.2, -0.15) is 5.10 Å². The van der Waals surface area contributed by atoms with Crippen molar-refractivity contribution < 1.29 is 13.6 Å². The molecule has 0 bridgehead atoms. The second-order valence-corrected chi connectivity index (χ2v) is 8.52. The number of alkyl halides is 2. The van der Waals surface area contributed by atoms with E-state index in [2.05, 4.69) is 25.5 Å². The van der Waals surface area contributed by atoms with Crippen molar-refractivity contribution in [1.29, 1.82) is 0 Å². The topological polar surface area (TPSA) is 90.5 Å². The molecule has 0 saturated heterocycles. The third-order valence-electron chi connectivity index (χ3n) is 5.58. The maximum absolute atomic E-state index is 13.9. The molecule has 2 aromatic carbocycles. The van der Waals surface area contributed by atoms with Gasteiger partial charge in [0.1, 0.15) is 12.9 Å². The first-order valence-corrected chi connectivity index (χ1v) is 11.4. The molecule has 3 heterocycles. The van der Waals surface area contributed by atoms with E-state index in [4.69, 9.17) is 11.6 Å². The standard InChI is InChI=1S/C25H20ClF2N7O/c1-15-22-18(23(27)28)11-20(16-7-3-2-4-8-16)30-24(22)35(32-15)13-21(36)31-25-29-14-34(33-25)12-17-9-5-6-10-19(17)26/h2-11,14,23H,12-13H2,1H3,(H,31,33,36). The first-order valence-electron chi connectivity index (χ1n) is 11.0. The molecule has 11 heteroatoms. The van der Waals surface area contributed by atoms with Crippen LogP contribution in [-0.2, 0) is 17.9 Å². The van der Waals surface area contributed by atoms with E-state index in [-0.39, 0.29) is 29.1 Å². The zero-order valence-corrected chi connectivity index (χ0v) is 19.8. The molecule has 0 aliphatic rings. The van der Waals surface area contributed by atoms with E-state index < -0.39 is 12.3 Å². The van der Waals surface area contributed by atoms with E-state index in [1.807, 2.05) is 24.3 Å². The molecule has 5 rings (SSSR count). The summed E-state index contributed by atoms with van der Waals surface area (Å²) in [6, 6.07) is 17.7. The third-order valence-corrected chi connectivity index (χ3v) is 5.95. The number of halogens is 3. The Morgan fingerprint density at radius 1 is 1.08 bits per heavy atom. The number of fused-ring (bicyclic) bond motifs is 1. The second kappa shape index (κ2) is 9.82. The molecule has 1 N–H and O–H groups in total. The molecule has 1 amide bonds. The summed E-state index contributed by atoms with van der Waals surface area (Å²) in [4.78, 5) is 21.5. The summed E-state index contributed by atoms with van der Waals surface area (Å²) in [7, 11) is 0. The molecule has 0 aliphatic carbocycles. The number of hydrogen-bond donors (Lipinski definition) is 1. The smallest absolute Gasteiger partial charge is 0.264 e. The summed E-state index contributed by atoms with van der Waals surface area (Å²) >= 11 is 6.19. The fraction of sp³-hybridized carbons (Fsp3) is 0.160. The number of carbonyl (C=O) groups is 1. The minimum Gasteiger partial charge on any atom is -0.292 e.